The van der Waals surface area contributed by atoms with E-state index in [1.807, 2.05) is 0 Å². The Hall–Kier alpha value is -1.63. The molecule has 2 fully saturated rings. The molecule has 2 atom stereocenters. The van der Waals surface area contributed by atoms with Crippen LogP contribution in [0.15, 0.2) is 18.3 Å². The lowest BCUT2D eigenvalue weighted by Gasteiger charge is -2.45. The highest BCUT2D eigenvalue weighted by Crippen LogP contribution is 2.39. The van der Waals surface area contributed by atoms with Gasteiger partial charge in [0.15, 0.2) is 0 Å². The van der Waals surface area contributed by atoms with Crippen LogP contribution in [0.3, 0.4) is 0 Å². The number of hydrogen-bond acceptors (Lipinski definition) is 3. The minimum atomic E-state index is -4.45. The first kappa shape index (κ1) is 16.2. The molecule has 2 saturated carbocycles. The van der Waals surface area contributed by atoms with Gasteiger partial charge < -0.3 is 11.1 Å². The number of rotatable bonds is 2. The summed E-state index contributed by atoms with van der Waals surface area (Å²) in [4.78, 5) is 16.0. The largest absolute Gasteiger partial charge is 0.417 e. The molecule has 126 valence electrons. The van der Waals surface area contributed by atoms with E-state index in [1.165, 1.54) is 0 Å². The third kappa shape index (κ3) is 3.49. The average Bonchev–Trinajstić information content (AvgIpc) is 2.47. The molecule has 0 aliphatic heterocycles. The molecular weight excluding hydrogens is 307 g/mol. The van der Waals surface area contributed by atoms with E-state index < -0.39 is 17.6 Å². The molecule has 0 saturated heterocycles. The van der Waals surface area contributed by atoms with Gasteiger partial charge in [-0.05, 0) is 49.7 Å². The molecule has 2 bridgehead atoms. The number of carbonyl (C=O) groups excluding carboxylic acids is 1. The molecule has 3 rings (SSSR count). The van der Waals surface area contributed by atoms with Crippen LogP contribution in [0.4, 0.5) is 13.2 Å². The van der Waals surface area contributed by atoms with E-state index in [4.69, 9.17) is 5.73 Å². The van der Waals surface area contributed by atoms with Crippen molar-refractivity contribution in [1.29, 1.82) is 0 Å². The quantitative estimate of drug-likeness (QED) is 0.877. The van der Waals surface area contributed by atoms with E-state index in [0.717, 1.165) is 44.2 Å². The van der Waals surface area contributed by atoms with Gasteiger partial charge in [-0.1, -0.05) is 6.42 Å². The van der Waals surface area contributed by atoms with E-state index in [9.17, 15) is 18.0 Å². The lowest BCUT2D eigenvalue weighted by Crippen LogP contribution is -2.53. The number of aromatic nitrogens is 1. The van der Waals surface area contributed by atoms with Crippen molar-refractivity contribution in [2.24, 2.45) is 17.6 Å². The van der Waals surface area contributed by atoms with Gasteiger partial charge in [0.1, 0.15) is 5.69 Å². The first-order valence-corrected chi connectivity index (χ1v) is 7.94. The maximum Gasteiger partial charge on any atom is 0.417 e. The predicted molar refractivity (Wildman–Crippen MR) is 78.5 cm³/mol. The highest BCUT2D eigenvalue weighted by Gasteiger charge is 2.40. The monoisotopic (exact) mass is 327 g/mol. The fraction of sp³-hybridized carbons (Fsp3) is 0.625. The molecule has 4 nitrogen and oxygen atoms in total. The number of fused-ring (bicyclic) bond motifs is 2. The fourth-order valence-electron chi connectivity index (χ4n) is 3.95. The van der Waals surface area contributed by atoms with Crippen molar-refractivity contribution in [3.8, 4) is 0 Å². The Labute approximate surface area is 132 Å². The van der Waals surface area contributed by atoms with Crippen molar-refractivity contribution in [2.45, 2.75) is 50.4 Å². The van der Waals surface area contributed by atoms with Crippen molar-refractivity contribution in [2.75, 3.05) is 0 Å². The van der Waals surface area contributed by atoms with Crippen LogP contribution in [0, 0.1) is 11.8 Å². The van der Waals surface area contributed by atoms with E-state index in [1.54, 1.807) is 0 Å². The molecule has 1 aromatic rings. The second-order valence-corrected chi connectivity index (χ2v) is 6.61. The van der Waals surface area contributed by atoms with Crippen LogP contribution in [0.5, 0.6) is 0 Å². The number of halogens is 3. The summed E-state index contributed by atoms with van der Waals surface area (Å²) in [6.07, 6.45) is 1.26. The molecule has 2 aliphatic rings. The number of pyridine rings is 1. The van der Waals surface area contributed by atoms with E-state index in [0.29, 0.717) is 18.0 Å². The van der Waals surface area contributed by atoms with Gasteiger partial charge in [-0.25, -0.2) is 0 Å². The van der Waals surface area contributed by atoms with Gasteiger partial charge in [0.25, 0.3) is 5.91 Å². The highest BCUT2D eigenvalue weighted by molar-refractivity contribution is 5.92. The molecule has 1 heterocycles. The SMILES string of the molecule is NC1CC2CCCC(C1)C2NC(=O)c1ccc(C(F)(F)F)cn1. The van der Waals surface area contributed by atoms with Crippen molar-refractivity contribution in [1.82, 2.24) is 10.3 Å². The van der Waals surface area contributed by atoms with Gasteiger partial charge in [-0.3, -0.25) is 9.78 Å². The van der Waals surface area contributed by atoms with Gasteiger partial charge >= 0.3 is 6.18 Å². The Kier molecular flexibility index (Phi) is 4.31. The fourth-order valence-corrected chi connectivity index (χ4v) is 3.95. The van der Waals surface area contributed by atoms with E-state index >= 15 is 0 Å². The topological polar surface area (TPSA) is 68.0 Å². The number of nitrogens with one attached hydrogen (secondary N) is 1. The van der Waals surface area contributed by atoms with Crippen LogP contribution in [0.25, 0.3) is 0 Å². The predicted octanol–water partition coefficient (Wildman–Crippen LogP) is 2.74. The van der Waals surface area contributed by atoms with Gasteiger partial charge in [-0.2, -0.15) is 13.2 Å². The Bertz CT molecular complexity index is 559. The van der Waals surface area contributed by atoms with Gasteiger partial charge in [0, 0.05) is 18.3 Å². The first-order valence-electron chi connectivity index (χ1n) is 7.94. The lowest BCUT2D eigenvalue weighted by atomic mass is 9.67. The molecule has 3 N–H and O–H groups in total. The van der Waals surface area contributed by atoms with Crippen LogP contribution >= 0.6 is 0 Å². The molecule has 0 radical (unpaired) electrons. The summed E-state index contributed by atoms with van der Waals surface area (Å²) in [7, 11) is 0. The third-order valence-corrected chi connectivity index (χ3v) is 5.00. The van der Waals surface area contributed by atoms with E-state index in [-0.39, 0.29) is 17.8 Å². The summed E-state index contributed by atoms with van der Waals surface area (Å²) in [6.45, 7) is 0. The molecular formula is C16H20F3N3O. The maximum atomic E-state index is 12.5. The van der Waals surface area contributed by atoms with Gasteiger partial charge in [0.2, 0.25) is 0 Å². The van der Waals surface area contributed by atoms with Crippen molar-refractivity contribution >= 4 is 5.91 Å². The van der Waals surface area contributed by atoms with Crippen LogP contribution in [-0.2, 0) is 6.18 Å². The van der Waals surface area contributed by atoms with Crippen LogP contribution in [0.2, 0.25) is 0 Å². The minimum absolute atomic E-state index is 0.0194. The van der Waals surface area contributed by atoms with Crippen molar-refractivity contribution in [3.05, 3.63) is 29.6 Å². The standard InChI is InChI=1S/C16H20F3N3O/c17-16(18,19)11-4-5-13(21-8-11)15(23)22-14-9-2-1-3-10(14)7-12(20)6-9/h4-5,8-10,12,14H,1-3,6-7,20H2,(H,22,23). The molecule has 7 heteroatoms. The Morgan fingerprint density at radius 2 is 1.87 bits per heavy atom. The van der Waals surface area contributed by atoms with Gasteiger partial charge in [0.05, 0.1) is 5.56 Å². The zero-order chi connectivity index (χ0) is 16.6. The number of amides is 1. The number of alkyl halides is 3. The molecule has 23 heavy (non-hydrogen) atoms. The number of nitrogens with zero attached hydrogens (tertiary/aromatic N) is 1. The first-order chi connectivity index (χ1) is 10.8. The van der Waals surface area contributed by atoms with Crippen molar-refractivity contribution in [3.63, 3.8) is 0 Å². The summed E-state index contributed by atoms with van der Waals surface area (Å²) in [5, 5.41) is 2.98. The minimum Gasteiger partial charge on any atom is -0.347 e. The van der Waals surface area contributed by atoms with E-state index in [2.05, 4.69) is 10.3 Å². The number of carbonyl (C=O) groups is 1. The third-order valence-electron chi connectivity index (χ3n) is 5.00. The van der Waals surface area contributed by atoms with Crippen LogP contribution < -0.4 is 11.1 Å². The van der Waals surface area contributed by atoms with Gasteiger partial charge in [-0.15, -0.1) is 0 Å². The second-order valence-electron chi connectivity index (χ2n) is 6.61. The van der Waals surface area contributed by atoms with Crippen LogP contribution in [0.1, 0.15) is 48.2 Å². The van der Waals surface area contributed by atoms with Crippen molar-refractivity contribution < 1.29 is 18.0 Å². The Balaban J connectivity index is 1.69. The van der Waals surface area contributed by atoms with Crippen LogP contribution in [-0.4, -0.2) is 23.0 Å². The summed E-state index contributed by atoms with van der Waals surface area (Å²) < 4.78 is 37.6. The normalized spacial score (nSPS) is 30.8. The summed E-state index contributed by atoms with van der Waals surface area (Å²) in [5.74, 6) is 0.308. The zero-order valence-electron chi connectivity index (χ0n) is 12.6. The number of hydrogen-bond donors (Lipinski definition) is 2. The molecule has 1 amide bonds. The summed E-state index contributed by atoms with van der Waals surface area (Å²) in [6, 6.07) is 2.25. The Morgan fingerprint density at radius 1 is 1.22 bits per heavy atom. The smallest absolute Gasteiger partial charge is 0.347 e. The highest BCUT2D eigenvalue weighted by atomic mass is 19.4. The molecule has 2 aliphatic carbocycles. The summed E-state index contributed by atoms with van der Waals surface area (Å²) >= 11 is 0. The average molecular weight is 327 g/mol. The molecule has 1 aromatic heterocycles. The maximum absolute atomic E-state index is 12.5. The summed E-state index contributed by atoms with van der Waals surface area (Å²) in [5.41, 5.74) is 5.22. The zero-order valence-corrected chi connectivity index (χ0v) is 12.6. The second kappa shape index (κ2) is 6.11. The lowest BCUT2D eigenvalue weighted by molar-refractivity contribution is -0.137. The molecule has 0 spiro atoms. The Morgan fingerprint density at radius 3 is 2.39 bits per heavy atom. The molecule has 2 unspecified atom stereocenters. The number of nitrogens with two attached hydrogens (primary N) is 1. The molecule has 0 aromatic carbocycles.